The van der Waals surface area contributed by atoms with Crippen molar-refractivity contribution in [3.8, 4) is 11.5 Å². The lowest BCUT2D eigenvalue weighted by Gasteiger charge is -2.16. The van der Waals surface area contributed by atoms with Crippen LogP contribution in [0, 0.1) is 0 Å². The molecule has 0 heterocycles. The summed E-state index contributed by atoms with van der Waals surface area (Å²) in [5.41, 5.74) is 1.34. The Morgan fingerprint density at radius 3 is 2.48 bits per heavy atom. The maximum atomic E-state index is 12.1. The monoisotopic (exact) mass is 426 g/mol. The number of anilines is 1. The second kappa shape index (κ2) is 12.0. The van der Waals surface area contributed by atoms with Crippen molar-refractivity contribution in [1.29, 1.82) is 0 Å². The molecule has 2 aromatic rings. The molecule has 0 fully saturated rings. The second-order valence-electron chi connectivity index (χ2n) is 6.47. The first kappa shape index (κ1) is 23.5. The molecule has 8 nitrogen and oxygen atoms in total. The fourth-order valence-electron chi connectivity index (χ4n) is 2.50. The minimum absolute atomic E-state index is 0.185. The third kappa shape index (κ3) is 8.22. The molecule has 0 saturated heterocycles. The Bertz CT molecular complexity index is 924. The van der Waals surface area contributed by atoms with E-state index in [9.17, 15) is 14.4 Å². The van der Waals surface area contributed by atoms with Crippen LogP contribution in [-0.2, 0) is 19.1 Å². The number of benzene rings is 2. The smallest absolute Gasteiger partial charge is 0.331 e. The molecule has 0 bridgehead atoms. The highest BCUT2D eigenvalue weighted by molar-refractivity contribution is 5.95. The fraction of sp³-hybridized carbons (Fsp3) is 0.261. The van der Waals surface area contributed by atoms with E-state index in [0.29, 0.717) is 18.0 Å². The van der Waals surface area contributed by atoms with E-state index in [4.69, 9.17) is 14.2 Å². The Morgan fingerprint density at radius 2 is 1.81 bits per heavy atom. The van der Waals surface area contributed by atoms with Gasteiger partial charge in [-0.2, -0.15) is 0 Å². The number of methoxy groups -OCH3 is 1. The maximum Gasteiger partial charge on any atom is 0.331 e. The SMILES string of the molecule is CCOc1ccc(/C=C/C(=O)OCC(=O)N(C)CC(=O)Nc2cccc(OC)c2)cc1. The van der Waals surface area contributed by atoms with Crippen LogP contribution in [0.2, 0.25) is 0 Å². The Morgan fingerprint density at radius 1 is 1.06 bits per heavy atom. The van der Waals surface area contributed by atoms with Crippen molar-refractivity contribution < 1.29 is 28.6 Å². The van der Waals surface area contributed by atoms with Gasteiger partial charge in [-0.25, -0.2) is 4.79 Å². The number of hydrogen-bond acceptors (Lipinski definition) is 6. The Kier molecular flexibility index (Phi) is 9.10. The van der Waals surface area contributed by atoms with Gasteiger partial charge in [0.2, 0.25) is 5.91 Å². The van der Waals surface area contributed by atoms with Crippen LogP contribution in [0.5, 0.6) is 11.5 Å². The van der Waals surface area contributed by atoms with Crippen LogP contribution in [0.4, 0.5) is 5.69 Å². The number of amides is 2. The zero-order chi connectivity index (χ0) is 22.6. The number of carbonyl (C=O) groups excluding carboxylic acids is 3. The van der Waals surface area contributed by atoms with E-state index < -0.39 is 18.5 Å². The predicted molar refractivity (Wildman–Crippen MR) is 117 cm³/mol. The molecule has 8 heteroatoms. The summed E-state index contributed by atoms with van der Waals surface area (Å²) in [5.74, 6) is -0.190. The quantitative estimate of drug-likeness (QED) is 0.464. The van der Waals surface area contributed by atoms with E-state index in [1.165, 1.54) is 25.1 Å². The molecule has 0 aliphatic carbocycles. The number of ether oxygens (including phenoxy) is 3. The molecule has 164 valence electrons. The number of hydrogen-bond donors (Lipinski definition) is 1. The minimum Gasteiger partial charge on any atom is -0.497 e. The molecule has 2 rings (SSSR count). The van der Waals surface area contributed by atoms with Crippen molar-refractivity contribution in [3.63, 3.8) is 0 Å². The largest absolute Gasteiger partial charge is 0.497 e. The van der Waals surface area contributed by atoms with E-state index in [-0.39, 0.29) is 12.5 Å². The molecule has 0 aromatic heterocycles. The Hall–Kier alpha value is -3.81. The number of nitrogens with one attached hydrogen (secondary N) is 1. The van der Waals surface area contributed by atoms with Crippen LogP contribution >= 0.6 is 0 Å². The Balaban J connectivity index is 1.76. The summed E-state index contributed by atoms with van der Waals surface area (Å²) in [6.07, 6.45) is 2.81. The van der Waals surface area contributed by atoms with Crippen LogP contribution in [-0.4, -0.2) is 56.6 Å². The third-order valence-corrected chi connectivity index (χ3v) is 4.10. The van der Waals surface area contributed by atoms with Gasteiger partial charge >= 0.3 is 5.97 Å². The molecule has 2 amide bonds. The van der Waals surface area contributed by atoms with Crippen molar-refractivity contribution in [3.05, 3.63) is 60.2 Å². The molecular weight excluding hydrogens is 400 g/mol. The highest BCUT2D eigenvalue weighted by Crippen LogP contribution is 2.16. The molecule has 0 unspecified atom stereocenters. The highest BCUT2D eigenvalue weighted by atomic mass is 16.5. The first-order chi connectivity index (χ1) is 14.9. The van der Waals surface area contributed by atoms with Crippen molar-refractivity contribution in [1.82, 2.24) is 4.90 Å². The molecule has 0 saturated carbocycles. The predicted octanol–water partition coefficient (Wildman–Crippen LogP) is 2.75. The topological polar surface area (TPSA) is 94.2 Å². The van der Waals surface area contributed by atoms with E-state index in [0.717, 1.165) is 11.3 Å². The summed E-state index contributed by atoms with van der Waals surface area (Å²) < 4.78 is 15.4. The standard InChI is InChI=1S/C23H26N2O6/c1-4-30-19-11-8-17(9-12-19)10-13-23(28)31-16-22(27)25(2)15-21(26)24-18-6-5-7-20(14-18)29-3/h5-14H,4,15-16H2,1-3H3,(H,24,26)/b13-10+. The average molecular weight is 426 g/mol. The summed E-state index contributed by atoms with van der Waals surface area (Å²) in [7, 11) is 2.99. The molecule has 2 aromatic carbocycles. The zero-order valence-corrected chi connectivity index (χ0v) is 17.8. The highest BCUT2D eigenvalue weighted by Gasteiger charge is 2.15. The number of carbonyl (C=O) groups is 3. The first-order valence-corrected chi connectivity index (χ1v) is 9.67. The van der Waals surface area contributed by atoms with Gasteiger partial charge in [0.05, 0.1) is 20.3 Å². The van der Waals surface area contributed by atoms with Gasteiger partial charge in [-0.1, -0.05) is 18.2 Å². The number of esters is 1. The van der Waals surface area contributed by atoms with Crippen molar-refractivity contribution in [2.75, 3.05) is 39.2 Å². The lowest BCUT2D eigenvalue weighted by molar-refractivity contribution is -0.148. The lowest BCUT2D eigenvalue weighted by Crippen LogP contribution is -2.37. The summed E-state index contributed by atoms with van der Waals surface area (Å²) in [6, 6.07) is 14.1. The zero-order valence-electron chi connectivity index (χ0n) is 17.8. The van der Waals surface area contributed by atoms with Gasteiger partial charge in [-0.3, -0.25) is 9.59 Å². The van der Waals surface area contributed by atoms with E-state index >= 15 is 0 Å². The van der Waals surface area contributed by atoms with Gasteiger partial charge in [0, 0.05) is 24.9 Å². The van der Waals surface area contributed by atoms with E-state index in [1.807, 2.05) is 6.92 Å². The molecule has 0 atom stereocenters. The van der Waals surface area contributed by atoms with Crippen LogP contribution in [0.25, 0.3) is 6.08 Å². The number of rotatable bonds is 10. The lowest BCUT2D eigenvalue weighted by atomic mass is 10.2. The molecule has 0 radical (unpaired) electrons. The minimum atomic E-state index is -0.656. The van der Waals surface area contributed by atoms with Gasteiger partial charge in [-0.15, -0.1) is 0 Å². The van der Waals surface area contributed by atoms with Crippen molar-refractivity contribution >= 4 is 29.5 Å². The van der Waals surface area contributed by atoms with Crippen LogP contribution in [0.3, 0.4) is 0 Å². The molecule has 0 spiro atoms. The van der Waals surface area contributed by atoms with Gasteiger partial charge < -0.3 is 24.4 Å². The van der Waals surface area contributed by atoms with Crippen molar-refractivity contribution in [2.24, 2.45) is 0 Å². The van der Waals surface area contributed by atoms with Crippen LogP contribution < -0.4 is 14.8 Å². The third-order valence-electron chi connectivity index (χ3n) is 4.10. The van der Waals surface area contributed by atoms with E-state index in [1.54, 1.807) is 54.6 Å². The maximum absolute atomic E-state index is 12.1. The summed E-state index contributed by atoms with van der Waals surface area (Å²) in [5, 5.41) is 2.68. The summed E-state index contributed by atoms with van der Waals surface area (Å²) in [4.78, 5) is 37.3. The summed E-state index contributed by atoms with van der Waals surface area (Å²) in [6.45, 7) is 1.83. The van der Waals surface area contributed by atoms with Crippen LogP contribution in [0.1, 0.15) is 12.5 Å². The normalized spacial score (nSPS) is 10.4. The number of likely N-dealkylation sites (N-methyl/N-ethyl adjacent to an activating group) is 1. The second-order valence-corrected chi connectivity index (χ2v) is 6.47. The molecule has 0 aliphatic heterocycles. The Labute approximate surface area is 181 Å². The summed E-state index contributed by atoms with van der Waals surface area (Å²) >= 11 is 0. The van der Waals surface area contributed by atoms with E-state index in [2.05, 4.69) is 5.32 Å². The van der Waals surface area contributed by atoms with Gasteiger partial charge in [0.1, 0.15) is 11.5 Å². The molecule has 0 aliphatic rings. The fourth-order valence-corrected chi connectivity index (χ4v) is 2.50. The van der Waals surface area contributed by atoms with Crippen molar-refractivity contribution in [2.45, 2.75) is 6.92 Å². The first-order valence-electron chi connectivity index (χ1n) is 9.67. The average Bonchev–Trinajstić information content (AvgIpc) is 2.77. The van der Waals surface area contributed by atoms with Gasteiger partial charge in [-0.05, 0) is 42.8 Å². The van der Waals surface area contributed by atoms with Gasteiger partial charge in [0.25, 0.3) is 5.91 Å². The molecule has 1 N–H and O–H groups in total. The number of nitrogens with zero attached hydrogens (tertiary/aromatic N) is 1. The molecular formula is C23H26N2O6. The van der Waals surface area contributed by atoms with Gasteiger partial charge in [0.15, 0.2) is 6.61 Å². The van der Waals surface area contributed by atoms with Crippen LogP contribution in [0.15, 0.2) is 54.6 Å². The molecule has 31 heavy (non-hydrogen) atoms.